The van der Waals surface area contributed by atoms with Gasteiger partial charge in [0.2, 0.25) is 5.91 Å². The molecule has 3 aromatic rings. The molecule has 3 heterocycles. The lowest BCUT2D eigenvalue weighted by molar-refractivity contribution is -0.134. The van der Waals surface area contributed by atoms with Crippen LogP contribution < -0.4 is 5.32 Å². The number of aliphatic hydroxyl groups is 1. The van der Waals surface area contributed by atoms with Crippen molar-refractivity contribution < 1.29 is 9.90 Å². The molecule has 1 amide bonds. The van der Waals surface area contributed by atoms with Crippen molar-refractivity contribution in [3.8, 4) is 0 Å². The van der Waals surface area contributed by atoms with Gasteiger partial charge in [0, 0.05) is 35.9 Å². The summed E-state index contributed by atoms with van der Waals surface area (Å²) in [6, 6.07) is 11.8. The van der Waals surface area contributed by atoms with E-state index >= 15 is 0 Å². The van der Waals surface area contributed by atoms with E-state index in [4.69, 9.17) is 9.97 Å². The number of hydrogen-bond acceptors (Lipinski definition) is 8. The van der Waals surface area contributed by atoms with Crippen molar-refractivity contribution in [3.05, 3.63) is 64.6 Å². The normalized spacial score (nSPS) is 16.4. The fourth-order valence-electron chi connectivity index (χ4n) is 4.29. The Kier molecular flexibility index (Phi) is 8.21. The number of carbonyl (C=O) groups excluding carboxylic acids is 1. The number of amides is 1. The average molecular weight is 481 g/mol. The molecule has 34 heavy (non-hydrogen) atoms. The van der Waals surface area contributed by atoms with E-state index < -0.39 is 0 Å². The highest BCUT2D eigenvalue weighted by Gasteiger charge is 2.29. The van der Waals surface area contributed by atoms with Crippen LogP contribution in [0.5, 0.6) is 0 Å². The smallest absolute Gasteiger partial charge is 0.237 e. The summed E-state index contributed by atoms with van der Waals surface area (Å²) in [4.78, 5) is 32.2. The second-order valence-electron chi connectivity index (χ2n) is 8.66. The maximum absolute atomic E-state index is 13.3. The van der Waals surface area contributed by atoms with Gasteiger partial charge >= 0.3 is 0 Å². The summed E-state index contributed by atoms with van der Waals surface area (Å²) in [5.41, 5.74) is 1.93. The van der Waals surface area contributed by atoms with Crippen LogP contribution in [0.25, 0.3) is 0 Å². The molecule has 0 spiro atoms. The van der Waals surface area contributed by atoms with E-state index in [-0.39, 0.29) is 25.1 Å². The van der Waals surface area contributed by atoms with Crippen LogP contribution in [0.3, 0.4) is 0 Å². The monoisotopic (exact) mass is 480 g/mol. The Morgan fingerprint density at radius 1 is 1.24 bits per heavy atom. The zero-order chi connectivity index (χ0) is 23.9. The molecule has 0 saturated carbocycles. The van der Waals surface area contributed by atoms with Gasteiger partial charge < -0.3 is 15.3 Å². The van der Waals surface area contributed by atoms with Gasteiger partial charge in [-0.2, -0.15) is 0 Å². The van der Waals surface area contributed by atoms with Crippen LogP contribution in [-0.2, 0) is 11.3 Å². The zero-order valence-electron chi connectivity index (χ0n) is 19.8. The van der Waals surface area contributed by atoms with Crippen LogP contribution in [0.1, 0.15) is 47.3 Å². The quantitative estimate of drug-likeness (QED) is 0.480. The minimum absolute atomic E-state index is 0.00839. The maximum Gasteiger partial charge on any atom is 0.237 e. The molecule has 1 unspecified atom stereocenters. The van der Waals surface area contributed by atoms with Crippen LogP contribution in [-0.4, -0.2) is 62.0 Å². The first kappa shape index (κ1) is 24.3. The second kappa shape index (κ2) is 11.5. The van der Waals surface area contributed by atoms with Crippen molar-refractivity contribution in [2.45, 2.75) is 45.7 Å². The van der Waals surface area contributed by atoms with Gasteiger partial charge in [0.25, 0.3) is 0 Å². The molecule has 1 aliphatic heterocycles. The molecule has 1 aliphatic rings. The lowest BCUT2D eigenvalue weighted by atomic mass is 10.0. The Balaban J connectivity index is 1.50. The first-order valence-corrected chi connectivity index (χ1v) is 12.5. The van der Waals surface area contributed by atoms with E-state index in [0.29, 0.717) is 13.1 Å². The van der Waals surface area contributed by atoms with Crippen molar-refractivity contribution in [1.82, 2.24) is 24.8 Å². The zero-order valence-corrected chi connectivity index (χ0v) is 20.6. The predicted octanol–water partition coefficient (Wildman–Crippen LogP) is 3.84. The van der Waals surface area contributed by atoms with Crippen LogP contribution in [0.4, 0.5) is 10.9 Å². The van der Waals surface area contributed by atoms with Gasteiger partial charge in [-0.15, -0.1) is 11.3 Å². The molecule has 0 aliphatic carbocycles. The molecule has 1 saturated heterocycles. The SMILES string of the molecule is Cc1cc(Nc2ncc(C)s2)nc(C2CCCCN2CC(=O)N(CCO)Cc2ccccc2)n1. The summed E-state index contributed by atoms with van der Waals surface area (Å²) in [5.74, 6) is 1.47. The third kappa shape index (κ3) is 6.37. The predicted molar refractivity (Wildman–Crippen MR) is 134 cm³/mol. The number of anilines is 2. The van der Waals surface area contributed by atoms with E-state index in [0.717, 1.165) is 58.7 Å². The summed E-state index contributed by atoms with van der Waals surface area (Å²) in [6.45, 7) is 5.83. The summed E-state index contributed by atoms with van der Waals surface area (Å²) in [5, 5.41) is 13.6. The Hall–Kier alpha value is -2.88. The lowest BCUT2D eigenvalue weighted by Crippen LogP contribution is -2.44. The number of carbonyl (C=O) groups is 1. The highest BCUT2D eigenvalue weighted by Crippen LogP contribution is 2.30. The Labute approximate surface area is 204 Å². The Morgan fingerprint density at radius 3 is 2.79 bits per heavy atom. The number of nitrogens with one attached hydrogen (secondary N) is 1. The van der Waals surface area contributed by atoms with Crippen LogP contribution >= 0.6 is 11.3 Å². The molecular weight excluding hydrogens is 448 g/mol. The third-order valence-corrected chi connectivity index (χ3v) is 6.74. The number of aromatic nitrogens is 3. The van der Waals surface area contributed by atoms with E-state index in [9.17, 15) is 9.90 Å². The minimum Gasteiger partial charge on any atom is -0.395 e. The van der Waals surface area contributed by atoms with Crippen molar-refractivity contribution in [1.29, 1.82) is 0 Å². The van der Waals surface area contributed by atoms with Gasteiger partial charge in [-0.1, -0.05) is 36.8 Å². The minimum atomic E-state index is -0.0613. The summed E-state index contributed by atoms with van der Waals surface area (Å²) < 4.78 is 0. The van der Waals surface area contributed by atoms with Crippen LogP contribution in [0.2, 0.25) is 0 Å². The first-order valence-electron chi connectivity index (χ1n) is 11.7. The fourth-order valence-corrected chi connectivity index (χ4v) is 4.96. The molecule has 180 valence electrons. The summed E-state index contributed by atoms with van der Waals surface area (Å²) >= 11 is 1.58. The number of aliphatic hydroxyl groups excluding tert-OH is 1. The second-order valence-corrected chi connectivity index (χ2v) is 9.90. The van der Waals surface area contributed by atoms with Crippen molar-refractivity contribution >= 4 is 28.2 Å². The largest absolute Gasteiger partial charge is 0.395 e. The molecule has 4 rings (SSSR count). The number of rotatable bonds is 9. The Morgan fingerprint density at radius 2 is 2.06 bits per heavy atom. The van der Waals surface area contributed by atoms with Gasteiger partial charge in [-0.05, 0) is 38.8 Å². The van der Waals surface area contributed by atoms with Gasteiger partial charge in [-0.3, -0.25) is 9.69 Å². The number of aryl methyl sites for hydroxylation is 2. The molecule has 2 aromatic heterocycles. The number of piperidine rings is 1. The molecule has 0 radical (unpaired) electrons. The number of nitrogens with zero attached hydrogens (tertiary/aromatic N) is 5. The third-order valence-electron chi connectivity index (χ3n) is 5.92. The topological polar surface area (TPSA) is 94.5 Å². The standard InChI is InChI=1S/C25H32N6O2S/c1-18-14-22(29-25-26-15-19(2)34-25)28-24(27-18)21-10-6-7-11-30(21)17-23(33)31(12-13-32)16-20-8-4-3-5-9-20/h3-5,8-9,14-15,21,32H,6-7,10-13,16-17H2,1-2H3,(H,26,27,28,29). The van der Waals surface area contributed by atoms with E-state index in [1.165, 1.54) is 0 Å². The molecule has 0 bridgehead atoms. The van der Waals surface area contributed by atoms with Crippen LogP contribution in [0.15, 0.2) is 42.6 Å². The molecule has 1 fully saturated rings. The average Bonchev–Trinajstić information content (AvgIpc) is 3.23. The first-order chi connectivity index (χ1) is 16.5. The highest BCUT2D eigenvalue weighted by molar-refractivity contribution is 7.15. The fraction of sp³-hybridized carbons (Fsp3) is 0.440. The summed E-state index contributed by atoms with van der Waals surface area (Å²) in [6.07, 6.45) is 4.86. The van der Waals surface area contributed by atoms with Gasteiger partial charge in [0.1, 0.15) is 11.6 Å². The summed E-state index contributed by atoms with van der Waals surface area (Å²) in [7, 11) is 0. The lowest BCUT2D eigenvalue weighted by Gasteiger charge is -2.35. The maximum atomic E-state index is 13.3. The molecule has 8 nitrogen and oxygen atoms in total. The van der Waals surface area contributed by atoms with Crippen molar-refractivity contribution in [2.24, 2.45) is 0 Å². The number of thiazole rings is 1. The molecule has 2 N–H and O–H groups in total. The van der Waals surface area contributed by atoms with Crippen molar-refractivity contribution in [3.63, 3.8) is 0 Å². The highest BCUT2D eigenvalue weighted by atomic mass is 32.1. The molecule has 1 atom stereocenters. The van der Waals surface area contributed by atoms with E-state index in [1.54, 1.807) is 16.2 Å². The van der Waals surface area contributed by atoms with Gasteiger partial charge in [-0.25, -0.2) is 15.0 Å². The van der Waals surface area contributed by atoms with E-state index in [2.05, 4.69) is 15.2 Å². The van der Waals surface area contributed by atoms with Gasteiger partial charge in [0.15, 0.2) is 5.13 Å². The van der Waals surface area contributed by atoms with Crippen molar-refractivity contribution in [2.75, 3.05) is 31.6 Å². The molecule has 1 aromatic carbocycles. The van der Waals surface area contributed by atoms with Gasteiger partial charge in [0.05, 0.1) is 19.2 Å². The Bertz CT molecular complexity index is 1090. The number of hydrogen-bond donors (Lipinski definition) is 2. The molecular formula is C25H32N6O2S. The number of likely N-dealkylation sites (tertiary alicyclic amines) is 1. The van der Waals surface area contributed by atoms with Crippen LogP contribution in [0, 0.1) is 13.8 Å². The number of benzene rings is 1. The van der Waals surface area contributed by atoms with E-state index in [1.807, 2.05) is 56.4 Å². The molecule has 9 heteroatoms.